The van der Waals surface area contributed by atoms with E-state index in [0.29, 0.717) is 32.1 Å². The fourth-order valence-corrected chi connectivity index (χ4v) is 4.62. The highest BCUT2D eigenvalue weighted by molar-refractivity contribution is 5.96. The van der Waals surface area contributed by atoms with Gasteiger partial charge < -0.3 is 9.67 Å². The molecule has 5 nitrogen and oxygen atoms in total. The van der Waals surface area contributed by atoms with E-state index in [2.05, 4.69) is 28.6 Å². The first-order valence-corrected chi connectivity index (χ1v) is 9.60. The van der Waals surface area contributed by atoms with E-state index in [9.17, 15) is 9.59 Å². The van der Waals surface area contributed by atoms with Crippen LogP contribution in [0.2, 0.25) is 0 Å². The maximum atomic E-state index is 13.0. The third kappa shape index (κ3) is 3.22. The van der Waals surface area contributed by atoms with Crippen molar-refractivity contribution in [3.05, 3.63) is 54.1 Å². The largest absolute Gasteiger partial charge is 0.481 e. The van der Waals surface area contributed by atoms with E-state index in [1.807, 2.05) is 30.7 Å². The lowest BCUT2D eigenvalue weighted by Gasteiger charge is -2.27. The van der Waals surface area contributed by atoms with Gasteiger partial charge in [-0.05, 0) is 49.3 Å². The van der Waals surface area contributed by atoms with Crippen LogP contribution in [-0.2, 0) is 9.59 Å². The Morgan fingerprint density at radius 2 is 1.78 bits per heavy atom. The SMILES string of the molecule is CC1=C(c2ccccc2)C(CC(=O)[C@H]2CC[C@@H](C(=O)O)CC2)n2cncc21. The number of carboxylic acid groups (broad SMARTS) is 1. The summed E-state index contributed by atoms with van der Waals surface area (Å²) in [7, 11) is 0. The van der Waals surface area contributed by atoms with E-state index >= 15 is 0 Å². The third-order valence-electron chi connectivity index (χ3n) is 6.13. The quantitative estimate of drug-likeness (QED) is 0.862. The number of allylic oxidation sites excluding steroid dienone is 2. The van der Waals surface area contributed by atoms with Crippen LogP contribution in [0.4, 0.5) is 0 Å². The van der Waals surface area contributed by atoms with Crippen molar-refractivity contribution in [1.29, 1.82) is 0 Å². The van der Waals surface area contributed by atoms with Crippen LogP contribution >= 0.6 is 0 Å². The van der Waals surface area contributed by atoms with Crippen molar-refractivity contribution in [3.63, 3.8) is 0 Å². The zero-order chi connectivity index (χ0) is 19.0. The number of nitrogens with zero attached hydrogens (tertiary/aromatic N) is 2. The van der Waals surface area contributed by atoms with Crippen molar-refractivity contribution in [3.8, 4) is 0 Å². The molecule has 140 valence electrons. The zero-order valence-electron chi connectivity index (χ0n) is 15.5. The van der Waals surface area contributed by atoms with Crippen molar-refractivity contribution >= 4 is 22.9 Å². The molecule has 1 aromatic heterocycles. The van der Waals surface area contributed by atoms with Crippen LogP contribution in [0.15, 0.2) is 42.9 Å². The molecule has 1 fully saturated rings. The van der Waals surface area contributed by atoms with Crippen molar-refractivity contribution in [2.45, 2.75) is 45.1 Å². The Bertz CT molecular complexity index is 889. The number of aliphatic carboxylic acids is 1. The van der Waals surface area contributed by atoms with E-state index < -0.39 is 5.97 Å². The number of rotatable bonds is 5. The third-order valence-corrected chi connectivity index (χ3v) is 6.13. The summed E-state index contributed by atoms with van der Waals surface area (Å²) in [6.45, 7) is 2.10. The summed E-state index contributed by atoms with van der Waals surface area (Å²) in [5, 5.41) is 9.17. The van der Waals surface area contributed by atoms with Gasteiger partial charge in [0.25, 0.3) is 0 Å². The fourth-order valence-electron chi connectivity index (χ4n) is 4.62. The summed E-state index contributed by atoms with van der Waals surface area (Å²) < 4.78 is 2.11. The normalized spacial score (nSPS) is 24.7. The second kappa shape index (κ2) is 7.14. The van der Waals surface area contributed by atoms with Crippen LogP contribution in [0.1, 0.15) is 56.3 Å². The van der Waals surface area contributed by atoms with Gasteiger partial charge in [-0.15, -0.1) is 0 Å². The molecule has 1 unspecified atom stereocenters. The molecule has 2 heterocycles. The maximum Gasteiger partial charge on any atom is 0.306 e. The first-order valence-electron chi connectivity index (χ1n) is 9.60. The number of fused-ring (bicyclic) bond motifs is 1. The van der Waals surface area contributed by atoms with Gasteiger partial charge in [0.2, 0.25) is 0 Å². The Hall–Kier alpha value is -2.69. The molecule has 1 aliphatic carbocycles. The van der Waals surface area contributed by atoms with Crippen molar-refractivity contribution < 1.29 is 14.7 Å². The maximum absolute atomic E-state index is 13.0. The van der Waals surface area contributed by atoms with Crippen LogP contribution in [0.5, 0.6) is 0 Å². The number of Topliss-reactive ketones (excluding diaryl/α,β-unsaturated/α-hetero) is 1. The Kier molecular flexibility index (Phi) is 4.68. The second-order valence-electron chi connectivity index (χ2n) is 7.66. The van der Waals surface area contributed by atoms with Gasteiger partial charge in [-0.3, -0.25) is 9.59 Å². The molecule has 1 N–H and O–H groups in total. The minimum Gasteiger partial charge on any atom is -0.481 e. The lowest BCUT2D eigenvalue weighted by Crippen LogP contribution is -2.27. The molecule has 2 aromatic rings. The molecule has 0 saturated heterocycles. The van der Waals surface area contributed by atoms with Crippen LogP contribution in [-0.4, -0.2) is 26.4 Å². The van der Waals surface area contributed by atoms with Crippen LogP contribution in [0, 0.1) is 11.8 Å². The average molecular weight is 364 g/mol. The van der Waals surface area contributed by atoms with Gasteiger partial charge in [-0.1, -0.05) is 30.3 Å². The van der Waals surface area contributed by atoms with Gasteiger partial charge >= 0.3 is 5.97 Å². The standard InChI is InChI=1S/C22H24N2O3/c1-14-19-12-23-13-24(19)18(21(14)16-5-3-2-4-6-16)11-20(25)15-7-9-17(10-8-15)22(26)27/h2-6,12-13,15,17-18H,7-11H2,1H3,(H,26,27)/t15-,17+,18?. The monoisotopic (exact) mass is 364 g/mol. The summed E-state index contributed by atoms with van der Waals surface area (Å²) in [5.74, 6) is -0.801. The lowest BCUT2D eigenvalue weighted by atomic mass is 9.78. The minimum absolute atomic E-state index is 0.0227. The molecule has 0 radical (unpaired) electrons. The molecule has 1 saturated carbocycles. The zero-order valence-corrected chi connectivity index (χ0v) is 15.5. The fraction of sp³-hybridized carbons (Fsp3) is 0.409. The summed E-state index contributed by atoms with van der Waals surface area (Å²) in [6, 6.07) is 10.2. The van der Waals surface area contributed by atoms with Crippen LogP contribution < -0.4 is 0 Å². The van der Waals surface area contributed by atoms with Crippen molar-refractivity contribution in [2.75, 3.05) is 0 Å². The molecule has 2 aliphatic rings. The van der Waals surface area contributed by atoms with Crippen molar-refractivity contribution in [1.82, 2.24) is 9.55 Å². The number of carbonyl (C=O) groups is 2. The number of hydrogen-bond acceptors (Lipinski definition) is 3. The van der Waals surface area contributed by atoms with E-state index in [1.54, 1.807) is 0 Å². The van der Waals surface area contributed by atoms with E-state index in [0.717, 1.165) is 11.3 Å². The number of ketones is 1. The van der Waals surface area contributed by atoms with Crippen LogP contribution in [0.3, 0.4) is 0 Å². The number of carbonyl (C=O) groups excluding carboxylic acids is 1. The number of aromatic nitrogens is 2. The Morgan fingerprint density at radius 1 is 1.11 bits per heavy atom. The number of hydrogen-bond donors (Lipinski definition) is 1. The molecule has 1 aromatic carbocycles. The van der Waals surface area contributed by atoms with Gasteiger partial charge in [0, 0.05) is 12.3 Å². The van der Waals surface area contributed by atoms with E-state index in [1.165, 1.54) is 11.1 Å². The summed E-state index contributed by atoms with van der Waals surface area (Å²) in [5.41, 5.74) is 4.58. The molecule has 0 spiro atoms. The molecule has 0 bridgehead atoms. The first kappa shape index (κ1) is 17.7. The van der Waals surface area contributed by atoms with E-state index in [4.69, 9.17) is 5.11 Å². The van der Waals surface area contributed by atoms with Gasteiger partial charge in [-0.2, -0.15) is 0 Å². The highest BCUT2D eigenvalue weighted by Gasteiger charge is 2.35. The number of carboxylic acids is 1. The smallest absolute Gasteiger partial charge is 0.306 e. The Balaban J connectivity index is 1.55. The minimum atomic E-state index is -0.732. The molecule has 27 heavy (non-hydrogen) atoms. The van der Waals surface area contributed by atoms with Gasteiger partial charge in [0.15, 0.2) is 0 Å². The number of imidazole rings is 1. The van der Waals surface area contributed by atoms with Gasteiger partial charge in [0.05, 0.1) is 30.2 Å². The van der Waals surface area contributed by atoms with Gasteiger partial charge in [-0.25, -0.2) is 4.98 Å². The first-order chi connectivity index (χ1) is 13.1. The Labute approximate surface area is 158 Å². The summed E-state index contributed by atoms with van der Waals surface area (Å²) in [6.07, 6.45) is 6.69. The predicted molar refractivity (Wildman–Crippen MR) is 103 cm³/mol. The summed E-state index contributed by atoms with van der Waals surface area (Å²) in [4.78, 5) is 28.5. The molecule has 0 amide bonds. The van der Waals surface area contributed by atoms with Gasteiger partial charge in [0.1, 0.15) is 5.78 Å². The Morgan fingerprint density at radius 3 is 2.44 bits per heavy atom. The van der Waals surface area contributed by atoms with E-state index in [-0.39, 0.29) is 23.7 Å². The summed E-state index contributed by atoms with van der Waals surface area (Å²) >= 11 is 0. The number of benzene rings is 1. The highest BCUT2D eigenvalue weighted by Crippen LogP contribution is 2.44. The highest BCUT2D eigenvalue weighted by atomic mass is 16.4. The average Bonchev–Trinajstić information content (AvgIpc) is 3.26. The molecule has 4 rings (SSSR count). The second-order valence-corrected chi connectivity index (χ2v) is 7.66. The van der Waals surface area contributed by atoms with Crippen molar-refractivity contribution in [2.24, 2.45) is 11.8 Å². The molecular weight excluding hydrogens is 340 g/mol. The molecule has 1 atom stereocenters. The predicted octanol–water partition coefficient (Wildman–Crippen LogP) is 4.22. The molecule has 1 aliphatic heterocycles. The molecular formula is C22H24N2O3. The topological polar surface area (TPSA) is 72.2 Å². The lowest BCUT2D eigenvalue weighted by molar-refractivity contribution is -0.144. The molecule has 5 heteroatoms. The van der Waals surface area contributed by atoms with Crippen LogP contribution in [0.25, 0.3) is 11.1 Å².